The van der Waals surface area contributed by atoms with Crippen LogP contribution in [0.2, 0.25) is 5.02 Å². The van der Waals surface area contributed by atoms with Crippen molar-refractivity contribution in [2.45, 2.75) is 38.4 Å². The number of hydrogen-bond donors (Lipinski definition) is 0. The Bertz CT molecular complexity index is 604. The Hall–Kier alpha value is -0.790. The molecule has 0 nitrogen and oxygen atoms in total. The lowest BCUT2D eigenvalue weighted by Gasteiger charge is -2.17. The van der Waals surface area contributed by atoms with E-state index in [1.165, 1.54) is 22.3 Å². The van der Waals surface area contributed by atoms with Crippen LogP contribution in [0, 0.1) is 6.92 Å². The van der Waals surface area contributed by atoms with Crippen molar-refractivity contribution >= 4 is 27.5 Å². The molecule has 106 valence electrons. The fourth-order valence-electron chi connectivity index (χ4n) is 2.43. The number of alkyl halides is 1. The predicted octanol–water partition coefficient (Wildman–Crippen LogP) is 6.26. The van der Waals surface area contributed by atoms with Gasteiger partial charge in [-0.25, -0.2) is 0 Å². The van der Waals surface area contributed by atoms with E-state index in [2.05, 4.69) is 67.0 Å². The van der Waals surface area contributed by atoms with E-state index in [1.807, 2.05) is 6.07 Å². The number of rotatable bonds is 4. The fraction of sp³-hybridized carbons (Fsp3) is 0.333. The first kappa shape index (κ1) is 15.6. The SMILES string of the molecule is CCc1ccc(CC)c(C(Br)c2ccc(Cl)c(C)c2)c1. The van der Waals surface area contributed by atoms with Crippen LogP contribution in [0.4, 0.5) is 0 Å². The summed E-state index contributed by atoms with van der Waals surface area (Å²) in [5.74, 6) is 0. The van der Waals surface area contributed by atoms with Gasteiger partial charge in [-0.3, -0.25) is 0 Å². The van der Waals surface area contributed by atoms with Gasteiger partial charge in [0.15, 0.2) is 0 Å². The van der Waals surface area contributed by atoms with Gasteiger partial charge < -0.3 is 0 Å². The summed E-state index contributed by atoms with van der Waals surface area (Å²) in [7, 11) is 0. The van der Waals surface area contributed by atoms with Crippen molar-refractivity contribution in [2.75, 3.05) is 0 Å². The van der Waals surface area contributed by atoms with Crippen molar-refractivity contribution in [1.29, 1.82) is 0 Å². The average molecular weight is 352 g/mol. The Kier molecular flexibility index (Phi) is 5.29. The predicted molar refractivity (Wildman–Crippen MR) is 92.2 cm³/mol. The van der Waals surface area contributed by atoms with E-state index in [9.17, 15) is 0 Å². The molecule has 0 fully saturated rings. The van der Waals surface area contributed by atoms with Gasteiger partial charge in [0, 0.05) is 5.02 Å². The molecule has 0 aromatic heterocycles. The van der Waals surface area contributed by atoms with Gasteiger partial charge in [0.1, 0.15) is 0 Å². The van der Waals surface area contributed by atoms with Crippen LogP contribution >= 0.6 is 27.5 Å². The monoisotopic (exact) mass is 350 g/mol. The first-order chi connectivity index (χ1) is 9.56. The summed E-state index contributed by atoms with van der Waals surface area (Å²) in [4.78, 5) is 0.222. The van der Waals surface area contributed by atoms with E-state index in [4.69, 9.17) is 11.6 Å². The molecule has 2 heteroatoms. The highest BCUT2D eigenvalue weighted by Gasteiger charge is 2.15. The maximum absolute atomic E-state index is 6.12. The molecule has 0 bridgehead atoms. The molecule has 1 atom stereocenters. The smallest absolute Gasteiger partial charge is 0.0647 e. The quantitative estimate of drug-likeness (QED) is 0.570. The highest BCUT2D eigenvalue weighted by molar-refractivity contribution is 9.09. The first-order valence-corrected chi connectivity index (χ1v) is 8.38. The molecule has 0 aliphatic carbocycles. The van der Waals surface area contributed by atoms with Crippen LogP contribution in [0.25, 0.3) is 0 Å². The summed E-state index contributed by atoms with van der Waals surface area (Å²) >= 11 is 9.99. The number of hydrogen-bond acceptors (Lipinski definition) is 0. The second-order valence-electron chi connectivity index (χ2n) is 5.11. The summed E-state index contributed by atoms with van der Waals surface area (Å²) in [6.45, 7) is 6.45. The molecule has 1 unspecified atom stereocenters. The van der Waals surface area contributed by atoms with Crippen molar-refractivity contribution in [2.24, 2.45) is 0 Å². The lowest BCUT2D eigenvalue weighted by Crippen LogP contribution is -2.00. The Morgan fingerprint density at radius 3 is 2.40 bits per heavy atom. The third-order valence-corrected chi connectivity index (χ3v) is 5.19. The van der Waals surface area contributed by atoms with Crippen LogP contribution < -0.4 is 0 Å². The Morgan fingerprint density at radius 2 is 1.80 bits per heavy atom. The minimum Gasteiger partial charge on any atom is -0.0841 e. The fourth-order valence-corrected chi connectivity index (χ4v) is 3.26. The van der Waals surface area contributed by atoms with E-state index in [-0.39, 0.29) is 4.83 Å². The first-order valence-electron chi connectivity index (χ1n) is 7.08. The van der Waals surface area contributed by atoms with Crippen LogP contribution in [-0.4, -0.2) is 0 Å². The molecule has 0 saturated heterocycles. The van der Waals surface area contributed by atoms with Crippen molar-refractivity contribution in [3.05, 3.63) is 69.2 Å². The molecular weight excluding hydrogens is 332 g/mol. The Labute approximate surface area is 135 Å². The molecule has 0 aliphatic heterocycles. The number of halogens is 2. The van der Waals surface area contributed by atoms with Crippen molar-refractivity contribution in [1.82, 2.24) is 0 Å². The van der Waals surface area contributed by atoms with Crippen LogP contribution in [0.1, 0.15) is 46.5 Å². The van der Waals surface area contributed by atoms with Gasteiger partial charge in [0.05, 0.1) is 4.83 Å². The van der Waals surface area contributed by atoms with Gasteiger partial charge in [-0.05, 0) is 53.6 Å². The van der Waals surface area contributed by atoms with Crippen LogP contribution in [0.15, 0.2) is 36.4 Å². The van der Waals surface area contributed by atoms with Gasteiger partial charge in [-0.1, -0.05) is 71.7 Å². The molecule has 0 heterocycles. The summed E-state index contributed by atoms with van der Waals surface area (Å²) in [6.07, 6.45) is 2.12. The maximum Gasteiger partial charge on any atom is 0.0647 e. The van der Waals surface area contributed by atoms with Crippen LogP contribution in [0.3, 0.4) is 0 Å². The van der Waals surface area contributed by atoms with E-state index >= 15 is 0 Å². The molecule has 0 saturated carbocycles. The van der Waals surface area contributed by atoms with E-state index in [1.54, 1.807) is 0 Å². The second kappa shape index (κ2) is 6.78. The maximum atomic E-state index is 6.12. The highest BCUT2D eigenvalue weighted by Crippen LogP contribution is 2.35. The molecule has 0 amide bonds. The largest absolute Gasteiger partial charge is 0.0841 e. The van der Waals surface area contributed by atoms with E-state index < -0.39 is 0 Å². The Balaban J connectivity index is 2.45. The minimum atomic E-state index is 0.222. The highest BCUT2D eigenvalue weighted by atomic mass is 79.9. The van der Waals surface area contributed by atoms with Gasteiger partial charge in [0.25, 0.3) is 0 Å². The van der Waals surface area contributed by atoms with Crippen LogP contribution in [0.5, 0.6) is 0 Å². The van der Waals surface area contributed by atoms with E-state index in [0.717, 1.165) is 23.4 Å². The zero-order valence-corrected chi connectivity index (χ0v) is 14.6. The topological polar surface area (TPSA) is 0 Å². The van der Waals surface area contributed by atoms with Crippen LogP contribution in [-0.2, 0) is 12.8 Å². The molecule has 0 N–H and O–H groups in total. The average Bonchev–Trinajstić information content (AvgIpc) is 2.48. The number of aryl methyl sites for hydroxylation is 3. The van der Waals surface area contributed by atoms with E-state index in [0.29, 0.717) is 0 Å². The van der Waals surface area contributed by atoms with Gasteiger partial charge >= 0.3 is 0 Å². The second-order valence-corrected chi connectivity index (χ2v) is 6.43. The van der Waals surface area contributed by atoms with Gasteiger partial charge in [-0.15, -0.1) is 0 Å². The molecule has 0 spiro atoms. The minimum absolute atomic E-state index is 0.222. The zero-order valence-electron chi connectivity index (χ0n) is 12.2. The molecule has 0 radical (unpaired) electrons. The standard InChI is InChI=1S/C18H20BrCl/c1-4-13-6-7-14(5-2)16(11-13)18(19)15-8-9-17(20)12(3)10-15/h6-11,18H,4-5H2,1-3H3. The van der Waals surface area contributed by atoms with Crippen molar-refractivity contribution in [3.8, 4) is 0 Å². The molecular formula is C18H20BrCl. The van der Waals surface area contributed by atoms with Crippen molar-refractivity contribution in [3.63, 3.8) is 0 Å². The molecule has 0 aliphatic rings. The number of benzene rings is 2. The summed E-state index contributed by atoms with van der Waals surface area (Å²) in [5, 5.41) is 0.825. The summed E-state index contributed by atoms with van der Waals surface area (Å²) < 4.78 is 0. The molecule has 2 rings (SSSR count). The van der Waals surface area contributed by atoms with Gasteiger partial charge in [-0.2, -0.15) is 0 Å². The molecule has 20 heavy (non-hydrogen) atoms. The normalized spacial score (nSPS) is 12.4. The van der Waals surface area contributed by atoms with Crippen molar-refractivity contribution < 1.29 is 0 Å². The summed E-state index contributed by atoms with van der Waals surface area (Å²) in [5.41, 5.74) is 6.53. The molecule has 2 aromatic rings. The third kappa shape index (κ3) is 3.27. The summed E-state index contributed by atoms with van der Waals surface area (Å²) in [6, 6.07) is 13.1. The van der Waals surface area contributed by atoms with Gasteiger partial charge in [0.2, 0.25) is 0 Å². The Morgan fingerprint density at radius 1 is 1.05 bits per heavy atom. The lowest BCUT2D eigenvalue weighted by molar-refractivity contribution is 1.03. The molecule has 2 aromatic carbocycles. The lowest BCUT2D eigenvalue weighted by atomic mass is 9.95. The third-order valence-electron chi connectivity index (χ3n) is 3.75. The zero-order chi connectivity index (χ0) is 14.7.